The van der Waals surface area contributed by atoms with E-state index in [4.69, 9.17) is 19.2 Å². The predicted molar refractivity (Wildman–Crippen MR) is 244 cm³/mol. The Balaban J connectivity index is 0.988. The molecule has 336 valence electrons. The highest BCUT2D eigenvalue weighted by Gasteiger charge is 2.32. The number of fused-ring (bicyclic) bond motifs is 2. The van der Waals surface area contributed by atoms with Crippen LogP contribution in [0.3, 0.4) is 0 Å². The first-order valence-corrected chi connectivity index (χ1v) is 23.3. The third-order valence-corrected chi connectivity index (χ3v) is 13.8. The number of rotatable bonds is 12. The van der Waals surface area contributed by atoms with Crippen LogP contribution in [-0.2, 0) is 19.5 Å². The van der Waals surface area contributed by atoms with Crippen LogP contribution in [0.25, 0.3) is 16.6 Å². The van der Waals surface area contributed by atoms with Crippen LogP contribution in [-0.4, -0.2) is 117 Å². The van der Waals surface area contributed by atoms with Crippen LogP contribution < -0.4 is 24.6 Å². The van der Waals surface area contributed by atoms with Crippen molar-refractivity contribution in [2.45, 2.75) is 50.5 Å². The summed E-state index contributed by atoms with van der Waals surface area (Å²) in [7, 11) is -4.59. The molecule has 2 aromatic carbocycles. The number of allylic oxidation sites excluding steroid dienone is 1. The van der Waals surface area contributed by atoms with Crippen molar-refractivity contribution in [3.05, 3.63) is 106 Å². The Labute approximate surface area is 372 Å². The van der Waals surface area contributed by atoms with E-state index < -0.39 is 31.4 Å². The standard InChI is InChI=1S/C46H53N9O8S/c1-46(2)12-10-33(38(26-46)32-5-3-13-47-27-32)29-52-16-18-53(19-17-52)34-6-8-37(40(24-34)54-15-4-20-63-45-42(54)23-31-11-14-48-43(31)50-45)44(56)51-64(59,60)36-7-9-39(41(25-36)55(57)58)49-28-35-30-61-21-22-62-35/h3,5-9,11,13-14,23-25,27,35,49H,4,10,12,15-22,26,28-30H2,1-2H3,(H,48,50)(H,51,56). The average Bonchev–Trinajstić information content (AvgIpc) is 3.66. The summed E-state index contributed by atoms with van der Waals surface area (Å²) >= 11 is 0. The van der Waals surface area contributed by atoms with E-state index in [1.807, 2.05) is 47.6 Å². The molecule has 18 heteroatoms. The van der Waals surface area contributed by atoms with Gasteiger partial charge in [0.15, 0.2) is 0 Å². The van der Waals surface area contributed by atoms with Gasteiger partial charge in [-0.15, -0.1) is 0 Å². The number of ether oxygens (including phenoxy) is 3. The second-order valence-electron chi connectivity index (χ2n) is 17.5. The van der Waals surface area contributed by atoms with Gasteiger partial charge in [0, 0.05) is 81.5 Å². The van der Waals surface area contributed by atoms with Crippen LogP contribution >= 0.6 is 0 Å². The summed E-state index contributed by atoms with van der Waals surface area (Å²) in [6.45, 7) is 11.0. The van der Waals surface area contributed by atoms with Gasteiger partial charge in [-0.2, -0.15) is 4.98 Å². The summed E-state index contributed by atoms with van der Waals surface area (Å²) in [6, 6.07) is 17.0. The maximum atomic E-state index is 14.3. The van der Waals surface area contributed by atoms with Crippen molar-refractivity contribution in [1.29, 1.82) is 0 Å². The molecule has 17 nitrogen and oxygen atoms in total. The summed E-state index contributed by atoms with van der Waals surface area (Å²) in [5, 5.41) is 16.0. The fraction of sp³-hybridized carbons (Fsp3) is 0.413. The lowest BCUT2D eigenvalue weighted by atomic mass is 9.72. The summed E-state index contributed by atoms with van der Waals surface area (Å²) in [5.74, 6) is -0.499. The Bertz CT molecular complexity index is 2680. The molecule has 64 heavy (non-hydrogen) atoms. The third-order valence-electron chi connectivity index (χ3n) is 12.5. The molecule has 1 amide bonds. The van der Waals surface area contributed by atoms with Gasteiger partial charge in [0.25, 0.3) is 21.6 Å². The number of anilines is 4. The SMILES string of the molecule is CC1(C)CCC(CN2CCN(c3ccc(C(=O)NS(=O)(=O)c4ccc(NCC5COCCO5)c([N+](=O)[O-])c4)c(N4CCCOc5nc6[nH]ccc6cc54)c3)CC2)=C(c2cccnc2)C1. The molecule has 0 spiro atoms. The number of piperazine rings is 1. The molecule has 4 aliphatic rings. The molecule has 0 radical (unpaired) electrons. The van der Waals surface area contributed by atoms with E-state index in [0.29, 0.717) is 62.3 Å². The normalized spacial score (nSPS) is 19.4. The topological polar surface area (TPSA) is 197 Å². The first-order chi connectivity index (χ1) is 30.9. The first-order valence-electron chi connectivity index (χ1n) is 21.8. The van der Waals surface area contributed by atoms with E-state index in [2.05, 4.69) is 49.7 Å². The second kappa shape index (κ2) is 18.2. The Kier molecular flexibility index (Phi) is 12.3. The highest BCUT2D eigenvalue weighted by atomic mass is 32.2. The molecule has 2 fully saturated rings. The Morgan fingerprint density at radius 3 is 2.66 bits per heavy atom. The van der Waals surface area contributed by atoms with Gasteiger partial charge in [-0.05, 0) is 90.8 Å². The Morgan fingerprint density at radius 1 is 1.02 bits per heavy atom. The molecule has 3 aliphatic heterocycles. The van der Waals surface area contributed by atoms with E-state index >= 15 is 0 Å². The maximum Gasteiger partial charge on any atom is 0.293 e. The van der Waals surface area contributed by atoms with Gasteiger partial charge in [-0.3, -0.25) is 24.8 Å². The molecule has 6 heterocycles. The van der Waals surface area contributed by atoms with E-state index in [-0.39, 0.29) is 29.3 Å². The summed E-state index contributed by atoms with van der Waals surface area (Å²) in [6.07, 6.45) is 9.08. The molecule has 1 aliphatic carbocycles. The van der Waals surface area contributed by atoms with Crippen molar-refractivity contribution in [2.24, 2.45) is 5.41 Å². The van der Waals surface area contributed by atoms with Gasteiger partial charge in [-0.1, -0.05) is 25.5 Å². The van der Waals surface area contributed by atoms with Gasteiger partial charge < -0.3 is 34.3 Å². The van der Waals surface area contributed by atoms with E-state index in [1.54, 1.807) is 12.3 Å². The fourth-order valence-corrected chi connectivity index (χ4v) is 10.0. The number of sulfonamides is 1. The Hall–Kier alpha value is -6.08. The fourth-order valence-electron chi connectivity index (χ4n) is 9.03. The maximum absolute atomic E-state index is 14.3. The molecule has 3 aromatic heterocycles. The monoisotopic (exact) mass is 891 g/mol. The highest BCUT2D eigenvalue weighted by molar-refractivity contribution is 7.90. The number of nitro groups is 1. The number of hydrogen-bond donors (Lipinski definition) is 3. The molecular formula is C46H53N9O8S. The van der Waals surface area contributed by atoms with Crippen LogP contribution in [0, 0.1) is 15.5 Å². The number of benzene rings is 2. The lowest BCUT2D eigenvalue weighted by Crippen LogP contribution is -2.47. The van der Waals surface area contributed by atoms with Gasteiger partial charge in [0.2, 0.25) is 5.88 Å². The van der Waals surface area contributed by atoms with E-state index in [0.717, 1.165) is 69.1 Å². The number of nitrogens with one attached hydrogen (secondary N) is 3. The zero-order chi connectivity index (χ0) is 44.4. The van der Waals surface area contributed by atoms with Crippen molar-refractivity contribution in [1.82, 2.24) is 24.6 Å². The number of H-pyrrole nitrogens is 1. The quantitative estimate of drug-likeness (QED) is 0.0904. The summed E-state index contributed by atoms with van der Waals surface area (Å²) in [4.78, 5) is 44.5. The minimum absolute atomic E-state index is 0.102. The largest absolute Gasteiger partial charge is 0.476 e. The molecule has 9 rings (SSSR count). The van der Waals surface area contributed by atoms with Crippen molar-refractivity contribution >= 4 is 61.0 Å². The van der Waals surface area contributed by atoms with Gasteiger partial charge >= 0.3 is 0 Å². The number of aromatic nitrogens is 3. The lowest BCUT2D eigenvalue weighted by Gasteiger charge is -2.39. The average molecular weight is 892 g/mol. The zero-order valence-electron chi connectivity index (χ0n) is 36.0. The number of pyridine rings is 2. The third kappa shape index (κ3) is 9.40. The van der Waals surface area contributed by atoms with Gasteiger partial charge in [0.05, 0.1) is 53.6 Å². The number of aromatic amines is 1. The number of hydrogen-bond acceptors (Lipinski definition) is 14. The summed E-state index contributed by atoms with van der Waals surface area (Å²) in [5.41, 5.74) is 6.72. The second-order valence-corrected chi connectivity index (χ2v) is 19.2. The molecule has 0 saturated carbocycles. The van der Waals surface area contributed by atoms with Crippen LogP contribution in [0.4, 0.5) is 28.4 Å². The minimum atomic E-state index is -4.59. The van der Waals surface area contributed by atoms with Crippen LogP contribution in [0.2, 0.25) is 0 Å². The minimum Gasteiger partial charge on any atom is -0.476 e. The van der Waals surface area contributed by atoms with Crippen molar-refractivity contribution in [3.63, 3.8) is 0 Å². The van der Waals surface area contributed by atoms with Crippen LogP contribution in [0.5, 0.6) is 5.88 Å². The summed E-state index contributed by atoms with van der Waals surface area (Å²) < 4.78 is 47.2. The molecule has 0 bridgehead atoms. The molecule has 2 saturated heterocycles. The van der Waals surface area contributed by atoms with Gasteiger partial charge in [-0.25, -0.2) is 13.1 Å². The number of carbonyl (C=O) groups excluding carboxylic acids is 1. The van der Waals surface area contributed by atoms with Crippen molar-refractivity contribution < 1.29 is 32.3 Å². The van der Waals surface area contributed by atoms with Gasteiger partial charge in [0.1, 0.15) is 17.0 Å². The smallest absolute Gasteiger partial charge is 0.293 e. The molecule has 3 N–H and O–H groups in total. The number of nitro benzene ring substituents is 1. The van der Waals surface area contributed by atoms with E-state index in [9.17, 15) is 23.3 Å². The van der Waals surface area contributed by atoms with E-state index in [1.165, 1.54) is 28.8 Å². The molecular weight excluding hydrogens is 839 g/mol. The molecule has 1 unspecified atom stereocenters. The number of carbonyl (C=O) groups is 1. The zero-order valence-corrected chi connectivity index (χ0v) is 36.9. The molecule has 5 aromatic rings. The lowest BCUT2D eigenvalue weighted by molar-refractivity contribution is -0.384. The number of amides is 1. The highest BCUT2D eigenvalue weighted by Crippen LogP contribution is 2.44. The van der Waals surface area contributed by atoms with Crippen molar-refractivity contribution in [2.75, 3.05) is 87.4 Å². The molecule has 1 atom stereocenters. The first kappa shape index (κ1) is 43.2. The van der Waals surface area contributed by atoms with Crippen LogP contribution in [0.1, 0.15) is 55.5 Å². The Morgan fingerprint density at radius 2 is 1.88 bits per heavy atom. The number of nitrogens with zero attached hydrogens (tertiary/aromatic N) is 6. The van der Waals surface area contributed by atoms with Crippen LogP contribution in [0.15, 0.2) is 89.7 Å². The predicted octanol–water partition coefficient (Wildman–Crippen LogP) is 6.52. The van der Waals surface area contributed by atoms with Crippen molar-refractivity contribution in [3.8, 4) is 5.88 Å².